The Morgan fingerprint density at radius 3 is 1.10 bits per heavy atom. The molecule has 20 heteroatoms. The summed E-state index contributed by atoms with van der Waals surface area (Å²) in [6.45, 7) is 15.0. The minimum Gasteiger partial charge on any atom is -1.00 e. The Morgan fingerprint density at radius 2 is 0.761 bits per heavy atom. The van der Waals surface area contributed by atoms with Crippen molar-refractivity contribution in [2.24, 2.45) is 0 Å². The zero-order chi connectivity index (χ0) is 80.1. The molecule has 0 spiro atoms. The van der Waals surface area contributed by atoms with Gasteiger partial charge in [0.2, 0.25) is 23.5 Å². The van der Waals surface area contributed by atoms with Crippen LogP contribution in [0.2, 0.25) is 10.0 Å². The van der Waals surface area contributed by atoms with Gasteiger partial charge in [-0.2, -0.15) is 0 Å². The third-order valence-electron chi connectivity index (χ3n) is 18.7. The van der Waals surface area contributed by atoms with Gasteiger partial charge in [0.1, 0.15) is 22.5 Å². The first-order valence-electron chi connectivity index (χ1n) is 37.4. The van der Waals surface area contributed by atoms with Gasteiger partial charge in [-0.3, -0.25) is 4.79 Å². The second kappa shape index (κ2) is 42.7. The Balaban J connectivity index is 0.000000214. The number of oxazole rings is 2. The van der Waals surface area contributed by atoms with Gasteiger partial charge in [0, 0.05) is 83.4 Å². The van der Waals surface area contributed by atoms with Crippen LogP contribution in [0, 0.1) is 0 Å². The molecule has 4 aromatic heterocycles. The summed E-state index contributed by atoms with van der Waals surface area (Å²) >= 11 is 18.4. The van der Waals surface area contributed by atoms with E-state index in [0.29, 0.717) is 64.7 Å². The molecule has 0 saturated heterocycles. The van der Waals surface area contributed by atoms with Gasteiger partial charge in [-0.15, -0.1) is 0 Å². The van der Waals surface area contributed by atoms with Crippen LogP contribution in [0.3, 0.4) is 0 Å². The van der Waals surface area contributed by atoms with Crippen LogP contribution in [0.25, 0.3) is 45.1 Å². The van der Waals surface area contributed by atoms with Crippen molar-refractivity contribution in [3.8, 4) is 46.2 Å². The number of alkyl halides is 1. The van der Waals surface area contributed by atoms with Crippen molar-refractivity contribution in [1.29, 1.82) is 0 Å². The number of nitrogens with zero attached hydrogens (tertiary/aromatic N) is 7. The number of ether oxygens (including phenoxy) is 2. The normalized spacial score (nSPS) is 10.9. The van der Waals surface area contributed by atoms with Gasteiger partial charge in [-0.25, -0.2) is 19.9 Å². The number of fused-ring (bicyclic) bond motifs is 2. The summed E-state index contributed by atoms with van der Waals surface area (Å²) < 4.78 is 24.1. The molecule has 0 amide bonds. The smallest absolute Gasteiger partial charge is 1.00 e. The maximum atomic E-state index is 8.64. The molecule has 0 saturated carbocycles. The first-order chi connectivity index (χ1) is 55.9. The summed E-state index contributed by atoms with van der Waals surface area (Å²) in [5, 5.41) is 14.3. The molecule has 0 fully saturated rings. The number of carbonyl (C=O) groups excluding carboxylic acids is 1. The summed E-state index contributed by atoms with van der Waals surface area (Å²) in [7, 11) is 0. The molecule has 0 radical (unpaired) electrons. The summed E-state index contributed by atoms with van der Waals surface area (Å²) in [4.78, 5) is 36.1. The average Bonchev–Trinajstić information content (AvgIpc) is 1.37. The molecule has 16 rings (SSSR count). The Morgan fingerprint density at radius 1 is 0.427 bits per heavy atom. The summed E-state index contributed by atoms with van der Waals surface area (Å²) in [5.41, 5.74) is 19.2. The second-order valence-electron chi connectivity index (χ2n) is 29.0. The van der Waals surface area contributed by atoms with Crippen LogP contribution in [0.4, 0.5) is 45.5 Å². The van der Waals surface area contributed by atoms with Gasteiger partial charge in [0.05, 0.1) is 32.8 Å². The van der Waals surface area contributed by atoms with E-state index in [0.717, 1.165) is 112 Å². The fourth-order valence-corrected chi connectivity index (χ4v) is 13.6. The standard InChI is InChI=1S/C48H41ClN4O2.C41H35ClN4O2.C7H7Br.CH2O3.2K.H/c1-48(2,3)37-30-42(52(32-34-14-6-4-7-15-34)38-23-21-36(22-24-38)47-51-41-18-10-11-19-44(41)55-47)46(49)43(31-37)53(33-35-16-8-5-9-17-35)39-25-27-40(28-26-39)54-45-20-12-13-29-50-45;1-41(2,3)30-25-35(44-31-18-16-29(17-19-31)40-45-34-13-7-8-14-37(34)48-40)39(42)36(26-30)46(27-28-11-5-4-6-12-28)32-20-22-33(23-21-32)47-38-15-9-10-24-43-38;8-6-7-4-2-1-3-5-7;2-1-4-3;;;/h4-31H,32-33H2,1-3H3;4-26,44H,27H2,1-3H3;1-5H,6H2;1,3H;;;/q;;;;2*+1;-1/p-1. The van der Waals surface area contributed by atoms with E-state index in [1.165, 1.54) is 5.56 Å². The number of pyridine rings is 2. The monoisotopic (exact) mass is 1700 g/mol. The van der Waals surface area contributed by atoms with Crippen molar-refractivity contribution < 1.29 is 137 Å². The molecule has 578 valence electrons. The van der Waals surface area contributed by atoms with Gasteiger partial charge in [-0.05, 0) is 202 Å². The molecule has 0 aliphatic carbocycles. The van der Waals surface area contributed by atoms with Crippen LogP contribution in [0.15, 0.2) is 349 Å². The molecule has 15 nitrogen and oxygen atoms in total. The van der Waals surface area contributed by atoms with E-state index in [4.69, 9.17) is 56.5 Å². The first-order valence-corrected chi connectivity index (χ1v) is 39.3. The van der Waals surface area contributed by atoms with Crippen molar-refractivity contribution >= 4 is 113 Å². The number of rotatable bonds is 22. The van der Waals surface area contributed by atoms with E-state index in [9.17, 15) is 0 Å². The van der Waals surface area contributed by atoms with Crippen LogP contribution in [0.5, 0.6) is 23.3 Å². The number of aromatic nitrogens is 4. The van der Waals surface area contributed by atoms with E-state index >= 15 is 0 Å². The zero-order valence-electron chi connectivity index (χ0n) is 67.4. The topological polar surface area (TPSA) is 167 Å². The van der Waals surface area contributed by atoms with E-state index in [-0.39, 0.29) is 121 Å². The molecular formula is C97H85BrCl2K2N8O7. The van der Waals surface area contributed by atoms with Crippen LogP contribution >= 0.6 is 39.1 Å². The maximum Gasteiger partial charge on any atom is 1.00 e. The largest absolute Gasteiger partial charge is 1.00 e. The molecule has 117 heavy (non-hydrogen) atoms. The van der Waals surface area contributed by atoms with Gasteiger partial charge in [0.15, 0.2) is 11.2 Å². The summed E-state index contributed by atoms with van der Waals surface area (Å²) in [6.07, 6.45) is 3.44. The van der Waals surface area contributed by atoms with Crippen molar-refractivity contribution in [3.63, 3.8) is 0 Å². The Kier molecular flexibility index (Phi) is 32.2. The molecular weight excluding hydrogens is 1620 g/mol. The van der Waals surface area contributed by atoms with Gasteiger partial charge in [-0.1, -0.05) is 238 Å². The number of hydrogen-bond donors (Lipinski definition) is 1. The second-order valence-corrected chi connectivity index (χ2v) is 30.3. The van der Waals surface area contributed by atoms with E-state index < -0.39 is 0 Å². The average molecular weight is 1700 g/mol. The molecule has 12 aromatic carbocycles. The fraction of sp³-hybridized carbons (Fsp3) is 0.124. The van der Waals surface area contributed by atoms with Crippen LogP contribution in [-0.2, 0) is 45.5 Å². The van der Waals surface area contributed by atoms with Gasteiger partial charge >= 0.3 is 103 Å². The van der Waals surface area contributed by atoms with Gasteiger partial charge < -0.3 is 49.9 Å². The third kappa shape index (κ3) is 24.1. The fourth-order valence-electron chi connectivity index (χ4n) is 12.6. The summed E-state index contributed by atoms with van der Waals surface area (Å²) in [5.74, 6) is 3.67. The Hall–Kier alpha value is -9.56. The number of hydrogen-bond acceptors (Lipinski definition) is 15. The van der Waals surface area contributed by atoms with Crippen molar-refractivity contribution in [2.45, 2.75) is 77.3 Å². The Bertz CT molecular complexity index is 5730. The number of nitrogens with one attached hydrogen (secondary N) is 1. The number of carbonyl (C=O) groups is 1. The van der Waals surface area contributed by atoms with E-state index in [2.05, 4.69) is 255 Å². The third-order valence-corrected chi connectivity index (χ3v) is 20.2. The van der Waals surface area contributed by atoms with Crippen molar-refractivity contribution in [3.05, 3.63) is 383 Å². The quantitative estimate of drug-likeness (QED) is 0.0224. The maximum absolute atomic E-state index is 8.64. The zero-order valence-corrected chi connectivity index (χ0v) is 75.7. The molecule has 0 aliphatic rings. The van der Waals surface area contributed by atoms with Crippen LogP contribution < -0.4 is 138 Å². The number of anilines is 8. The van der Waals surface area contributed by atoms with Crippen molar-refractivity contribution in [2.75, 3.05) is 20.0 Å². The molecule has 4 heterocycles. The van der Waals surface area contributed by atoms with E-state index in [1.807, 2.05) is 170 Å². The van der Waals surface area contributed by atoms with E-state index in [1.54, 1.807) is 12.4 Å². The minimum atomic E-state index is -0.181. The Labute approximate surface area is 788 Å². The molecule has 0 aliphatic heterocycles. The SMILES string of the molecule is BrCc1ccccc1.CC(C)(C)c1cc(N(Cc2ccccc2)c2ccc(Oc3ccccn3)cc2)c(Cl)c(N(Cc2ccccc2)c2ccc(-c3nc4ccccc4o3)cc2)c1.CC(C)(C)c1cc(Nc2ccc(-c3nc4ccccc4o3)cc2)c(Cl)c(N(Cc2ccccc2)c2ccc(Oc3ccccn3)cc2)c1.O=CO[O-].[H-].[K+].[K+]. The molecule has 0 bridgehead atoms. The molecule has 0 unspecified atom stereocenters. The summed E-state index contributed by atoms with van der Waals surface area (Å²) in [6, 6.07) is 110. The number of benzene rings is 12. The number of halogens is 3. The molecule has 16 aromatic rings. The first kappa shape index (κ1) is 88.3. The van der Waals surface area contributed by atoms with Crippen LogP contribution in [0.1, 0.15) is 76.3 Å². The predicted molar refractivity (Wildman–Crippen MR) is 468 cm³/mol. The number of para-hydroxylation sites is 4. The van der Waals surface area contributed by atoms with Crippen LogP contribution in [-0.4, -0.2) is 26.4 Å². The van der Waals surface area contributed by atoms with Crippen molar-refractivity contribution in [1.82, 2.24) is 19.9 Å². The molecule has 0 atom stereocenters. The minimum absolute atomic E-state index is 0. The predicted octanol–water partition coefficient (Wildman–Crippen LogP) is 20.2. The molecule has 1 N–H and O–H groups in total. The van der Waals surface area contributed by atoms with Gasteiger partial charge in [0.25, 0.3) is 6.47 Å².